The monoisotopic (exact) mass is 547 g/mol. The molecule has 4 atom stereocenters. The summed E-state index contributed by atoms with van der Waals surface area (Å²) in [7, 11) is 3.40. The average molecular weight is 548 g/mol. The molecule has 1 saturated carbocycles. The van der Waals surface area contributed by atoms with Crippen LogP contribution in [0.5, 0.6) is 11.5 Å². The lowest BCUT2D eigenvalue weighted by Gasteiger charge is -2.46. The minimum atomic E-state index is -1.28. The molecule has 1 heterocycles. The Morgan fingerprint density at radius 2 is 1.80 bits per heavy atom. The van der Waals surface area contributed by atoms with Crippen LogP contribution in [0.2, 0.25) is 0 Å². The zero-order chi connectivity index (χ0) is 28.5. The highest BCUT2D eigenvalue weighted by atomic mass is 16.5. The first-order chi connectivity index (χ1) is 19.1. The van der Waals surface area contributed by atoms with Crippen molar-refractivity contribution < 1.29 is 34.4 Å². The first-order valence-corrected chi connectivity index (χ1v) is 13.6. The van der Waals surface area contributed by atoms with Crippen molar-refractivity contribution in [3.8, 4) is 11.5 Å². The molecule has 4 aliphatic rings. The Balaban J connectivity index is 1.48. The van der Waals surface area contributed by atoms with Crippen LogP contribution in [0.4, 0.5) is 0 Å². The Morgan fingerprint density at radius 3 is 2.42 bits per heavy atom. The second-order valence-corrected chi connectivity index (χ2v) is 11.4. The van der Waals surface area contributed by atoms with Crippen molar-refractivity contribution in [2.75, 3.05) is 40.3 Å². The molecule has 2 fully saturated rings. The lowest BCUT2D eigenvalue weighted by atomic mass is 9.59. The maximum absolute atomic E-state index is 14.0. The van der Waals surface area contributed by atoms with E-state index in [1.165, 1.54) is 6.42 Å². The normalized spacial score (nSPS) is 26.5. The highest BCUT2D eigenvalue weighted by Gasteiger charge is 2.56. The summed E-state index contributed by atoms with van der Waals surface area (Å²) in [5.41, 5.74) is 5.67. The van der Waals surface area contributed by atoms with E-state index in [2.05, 4.69) is 4.90 Å². The molecule has 1 amide bonds. The smallest absolute Gasteiger partial charge is 0.255 e. The number of phenolic OH excluding ortho intramolecular Hbond substituents is 1. The fraction of sp³-hybridized carbons (Fsp3) is 0.433. The van der Waals surface area contributed by atoms with Gasteiger partial charge >= 0.3 is 0 Å². The number of phenols is 1. The van der Waals surface area contributed by atoms with E-state index in [4.69, 9.17) is 10.5 Å². The lowest BCUT2D eigenvalue weighted by Crippen LogP contribution is -2.55. The molecule has 2 aromatic rings. The number of nitrogens with two attached hydrogens (primary N) is 1. The van der Waals surface area contributed by atoms with E-state index in [-0.39, 0.29) is 22.6 Å². The van der Waals surface area contributed by atoms with Gasteiger partial charge in [0.15, 0.2) is 11.6 Å². The van der Waals surface area contributed by atoms with Gasteiger partial charge in [0.1, 0.15) is 35.2 Å². The first-order valence-electron chi connectivity index (χ1n) is 13.6. The third-order valence-corrected chi connectivity index (χ3v) is 9.00. The quantitative estimate of drug-likeness (QED) is 0.314. The Labute approximate surface area is 231 Å². The van der Waals surface area contributed by atoms with Gasteiger partial charge in [-0.15, -0.1) is 0 Å². The molecule has 2 unspecified atom stereocenters. The molecular weight excluding hydrogens is 514 g/mol. The fourth-order valence-corrected chi connectivity index (χ4v) is 7.09. The molecule has 5 N–H and O–H groups in total. The molecule has 10 heteroatoms. The van der Waals surface area contributed by atoms with Gasteiger partial charge in [0.25, 0.3) is 5.91 Å². The minimum Gasteiger partial charge on any atom is -0.510 e. The summed E-state index contributed by atoms with van der Waals surface area (Å²) < 4.78 is 6.34. The highest BCUT2D eigenvalue weighted by Crippen LogP contribution is 2.53. The third kappa shape index (κ3) is 3.81. The summed E-state index contributed by atoms with van der Waals surface area (Å²) in [6.45, 7) is 3.24. The molecular formula is C30H33N3O7. The molecule has 0 radical (unpaired) electrons. The number of amides is 1. The number of likely N-dealkylation sites (N-methyl/N-ethyl adjacent to an activating group) is 1. The molecule has 6 rings (SSSR count). The van der Waals surface area contributed by atoms with Crippen LogP contribution in [0.3, 0.4) is 0 Å². The number of benzene rings is 2. The van der Waals surface area contributed by atoms with Gasteiger partial charge in [-0.3, -0.25) is 24.2 Å². The van der Waals surface area contributed by atoms with E-state index in [0.717, 1.165) is 19.6 Å². The minimum absolute atomic E-state index is 0.0573. The number of carbonyl (C=O) groups is 3. The molecule has 210 valence electrons. The Morgan fingerprint density at radius 1 is 1.10 bits per heavy atom. The van der Waals surface area contributed by atoms with E-state index in [0.29, 0.717) is 41.5 Å². The van der Waals surface area contributed by atoms with Gasteiger partial charge in [-0.25, -0.2) is 0 Å². The maximum Gasteiger partial charge on any atom is 0.255 e. The van der Waals surface area contributed by atoms with E-state index in [1.807, 2.05) is 12.1 Å². The van der Waals surface area contributed by atoms with Gasteiger partial charge in [-0.05, 0) is 58.3 Å². The number of ether oxygens (including phenoxy) is 1. The highest BCUT2D eigenvalue weighted by molar-refractivity contribution is 6.28. The maximum atomic E-state index is 14.0. The zero-order valence-electron chi connectivity index (χ0n) is 22.5. The summed E-state index contributed by atoms with van der Waals surface area (Å²) in [6, 6.07) is 6.45. The van der Waals surface area contributed by atoms with Crippen LogP contribution in [-0.2, 0) is 20.8 Å². The molecule has 1 saturated heterocycles. The van der Waals surface area contributed by atoms with E-state index in [1.54, 1.807) is 31.1 Å². The summed E-state index contributed by atoms with van der Waals surface area (Å²) in [6.07, 6.45) is 1.75. The molecule has 40 heavy (non-hydrogen) atoms. The number of hydrogen-bond acceptors (Lipinski definition) is 9. The van der Waals surface area contributed by atoms with Gasteiger partial charge in [0, 0.05) is 28.5 Å². The predicted molar refractivity (Wildman–Crippen MR) is 147 cm³/mol. The molecule has 3 aliphatic carbocycles. The number of fused-ring (bicyclic) bond motifs is 4. The van der Waals surface area contributed by atoms with Crippen molar-refractivity contribution in [2.45, 2.75) is 25.3 Å². The standard InChI is InChI=1S/C30H33N3O7/c1-32(2)23-17-12-14-13-18-21(26(36)19(14)25(35)20(17)27(37)22(28(23)38)30(31)39)24(34)15-6-3-4-7-16(15)29(18)40-11-10-33-8-5-9-33/h3-4,6-7,14,17,20,23,34,36,38H,5,8-13H2,1-2H3,(H2,31,39)/t14-,17?,20?,23+/m1/s1. The number of rotatable bonds is 6. The molecule has 0 bridgehead atoms. The van der Waals surface area contributed by atoms with Crippen LogP contribution < -0.4 is 10.5 Å². The van der Waals surface area contributed by atoms with Gasteiger partial charge < -0.3 is 25.8 Å². The number of primary amides is 1. The number of hydrogen-bond donors (Lipinski definition) is 4. The van der Waals surface area contributed by atoms with Crippen molar-refractivity contribution >= 4 is 34.0 Å². The number of ketones is 2. The summed E-state index contributed by atoms with van der Waals surface area (Å²) >= 11 is 0. The summed E-state index contributed by atoms with van der Waals surface area (Å²) in [5.74, 6) is -5.34. The van der Waals surface area contributed by atoms with Crippen molar-refractivity contribution in [2.24, 2.45) is 23.5 Å². The molecule has 0 aromatic heterocycles. The lowest BCUT2D eigenvalue weighted by molar-refractivity contribution is -0.136. The van der Waals surface area contributed by atoms with Gasteiger partial charge in [0.2, 0.25) is 0 Å². The van der Waals surface area contributed by atoms with Crippen molar-refractivity contribution in [1.29, 1.82) is 0 Å². The number of Topliss-reactive ketones (excluding diaryl/α,β-unsaturated/α-hetero) is 2. The topological polar surface area (TPSA) is 154 Å². The Kier molecular flexibility index (Phi) is 6.35. The summed E-state index contributed by atoms with van der Waals surface area (Å²) in [5, 5.41) is 35.0. The van der Waals surface area contributed by atoms with Gasteiger partial charge in [0.05, 0.1) is 17.5 Å². The van der Waals surface area contributed by atoms with Crippen LogP contribution in [0.25, 0.3) is 16.5 Å². The number of nitrogens with zero attached hydrogens (tertiary/aromatic N) is 2. The summed E-state index contributed by atoms with van der Waals surface area (Å²) in [4.78, 5) is 43.5. The predicted octanol–water partition coefficient (Wildman–Crippen LogP) is 2.09. The van der Waals surface area contributed by atoms with Crippen LogP contribution in [0.15, 0.2) is 41.2 Å². The number of aromatic hydroxyl groups is 1. The number of carbonyl (C=O) groups excluding carboxylic acids is 3. The largest absolute Gasteiger partial charge is 0.510 e. The Bertz CT molecular complexity index is 1520. The molecule has 0 spiro atoms. The first kappa shape index (κ1) is 26.3. The number of likely N-dealkylation sites (tertiary alicyclic amines) is 1. The van der Waals surface area contributed by atoms with Crippen LogP contribution in [0, 0.1) is 17.8 Å². The van der Waals surface area contributed by atoms with Crippen molar-refractivity contribution in [3.05, 3.63) is 52.3 Å². The zero-order valence-corrected chi connectivity index (χ0v) is 22.5. The van der Waals surface area contributed by atoms with Gasteiger partial charge in [-0.1, -0.05) is 24.3 Å². The Hall–Kier alpha value is -3.89. The third-order valence-electron chi connectivity index (χ3n) is 9.00. The van der Waals surface area contributed by atoms with E-state index >= 15 is 0 Å². The van der Waals surface area contributed by atoms with Crippen LogP contribution >= 0.6 is 0 Å². The van der Waals surface area contributed by atoms with Crippen molar-refractivity contribution in [1.82, 2.24) is 9.80 Å². The van der Waals surface area contributed by atoms with E-state index < -0.39 is 52.6 Å². The number of allylic oxidation sites excluding steroid dienone is 1. The SMILES string of the molecule is CN(C)[C@@H]1C(O)=C(C(N)=O)C(=O)C2C(=O)C3=C(O)c4c(c(OCCN5CCC5)c5ccccc5c4O)C[C@H]3CC21. The van der Waals surface area contributed by atoms with Crippen LogP contribution in [0.1, 0.15) is 24.0 Å². The fourth-order valence-electron chi connectivity index (χ4n) is 7.09. The molecule has 1 aliphatic heterocycles. The van der Waals surface area contributed by atoms with Gasteiger partial charge in [-0.2, -0.15) is 0 Å². The van der Waals surface area contributed by atoms with Crippen LogP contribution in [-0.4, -0.2) is 89.0 Å². The van der Waals surface area contributed by atoms with E-state index in [9.17, 15) is 29.7 Å². The second kappa shape index (κ2) is 9.64. The number of aliphatic hydroxyl groups is 2. The average Bonchev–Trinajstić information content (AvgIpc) is 2.86. The molecule has 10 nitrogen and oxygen atoms in total. The number of aliphatic hydroxyl groups excluding tert-OH is 2. The molecule has 2 aromatic carbocycles. The second-order valence-electron chi connectivity index (χ2n) is 11.4. The van der Waals surface area contributed by atoms with Crippen molar-refractivity contribution in [3.63, 3.8) is 0 Å².